The lowest BCUT2D eigenvalue weighted by molar-refractivity contribution is 0.471. The molecule has 1 saturated heterocycles. The van der Waals surface area contributed by atoms with Crippen LogP contribution in [0.25, 0.3) is 0 Å². The molecule has 6 heteroatoms. The summed E-state index contributed by atoms with van der Waals surface area (Å²) in [5, 5.41) is 0. The molecule has 0 bridgehead atoms. The first kappa shape index (κ1) is 12.5. The van der Waals surface area contributed by atoms with Gasteiger partial charge in [-0.15, -0.1) is 0 Å². The number of aryl methyl sites for hydroxylation is 1. The molecule has 2 rings (SSSR count). The van der Waals surface area contributed by atoms with Crippen LogP contribution in [-0.4, -0.2) is 31.9 Å². The normalized spacial score (nSPS) is 21.9. The maximum absolute atomic E-state index is 13.4. The van der Waals surface area contributed by atoms with Crippen molar-refractivity contribution >= 4 is 10.0 Å². The molecule has 94 valence electrons. The van der Waals surface area contributed by atoms with E-state index in [1.54, 1.807) is 6.92 Å². The Morgan fingerprint density at radius 3 is 2.71 bits per heavy atom. The number of nitrogens with two attached hydrogens (primary N) is 1. The number of nitrogens with zero attached hydrogens (tertiary/aromatic N) is 1. The second kappa shape index (κ2) is 4.36. The van der Waals surface area contributed by atoms with Crippen LogP contribution in [0.5, 0.6) is 0 Å². The molecule has 0 radical (unpaired) electrons. The van der Waals surface area contributed by atoms with Crippen molar-refractivity contribution in [3.63, 3.8) is 0 Å². The second-order valence-corrected chi connectivity index (χ2v) is 6.26. The van der Waals surface area contributed by atoms with E-state index in [-0.39, 0.29) is 10.9 Å². The largest absolute Gasteiger partial charge is 0.326 e. The van der Waals surface area contributed by atoms with Crippen LogP contribution in [0.3, 0.4) is 0 Å². The van der Waals surface area contributed by atoms with E-state index < -0.39 is 15.8 Å². The summed E-state index contributed by atoms with van der Waals surface area (Å²) in [5.41, 5.74) is 6.11. The molecule has 1 heterocycles. The predicted molar refractivity (Wildman–Crippen MR) is 62.5 cm³/mol. The zero-order valence-electron chi connectivity index (χ0n) is 9.56. The fourth-order valence-electron chi connectivity index (χ4n) is 1.86. The maximum Gasteiger partial charge on any atom is 0.243 e. The van der Waals surface area contributed by atoms with Crippen molar-refractivity contribution in [2.45, 2.75) is 24.3 Å². The number of rotatable bonds is 2. The van der Waals surface area contributed by atoms with Crippen molar-refractivity contribution in [2.75, 3.05) is 13.1 Å². The van der Waals surface area contributed by atoms with Gasteiger partial charge in [0.05, 0.1) is 4.90 Å². The smallest absolute Gasteiger partial charge is 0.243 e. The molecule has 1 aliphatic rings. The minimum absolute atomic E-state index is 0.00491. The van der Waals surface area contributed by atoms with Crippen LogP contribution >= 0.6 is 0 Å². The number of sulfonamides is 1. The minimum atomic E-state index is -3.60. The summed E-state index contributed by atoms with van der Waals surface area (Å²) in [6, 6.07) is 3.84. The first-order valence-corrected chi connectivity index (χ1v) is 6.87. The molecule has 0 amide bonds. The van der Waals surface area contributed by atoms with Crippen molar-refractivity contribution in [3.8, 4) is 0 Å². The maximum atomic E-state index is 13.4. The highest BCUT2D eigenvalue weighted by atomic mass is 32.2. The quantitative estimate of drug-likeness (QED) is 0.855. The van der Waals surface area contributed by atoms with E-state index >= 15 is 0 Å². The fourth-order valence-corrected chi connectivity index (χ4v) is 3.38. The van der Waals surface area contributed by atoms with Crippen LogP contribution in [0.1, 0.15) is 12.0 Å². The van der Waals surface area contributed by atoms with Gasteiger partial charge >= 0.3 is 0 Å². The van der Waals surface area contributed by atoms with Gasteiger partial charge in [-0.05, 0) is 31.0 Å². The molecule has 1 aromatic carbocycles. The Bertz CT molecular complexity index is 530. The van der Waals surface area contributed by atoms with E-state index in [1.165, 1.54) is 16.4 Å². The Kier molecular flexibility index (Phi) is 3.20. The highest BCUT2D eigenvalue weighted by Gasteiger charge is 2.31. The summed E-state index contributed by atoms with van der Waals surface area (Å²) in [6.45, 7) is 2.30. The van der Waals surface area contributed by atoms with Crippen molar-refractivity contribution in [2.24, 2.45) is 5.73 Å². The Hall–Kier alpha value is -0.980. The van der Waals surface area contributed by atoms with Gasteiger partial charge < -0.3 is 5.73 Å². The van der Waals surface area contributed by atoms with E-state index in [4.69, 9.17) is 5.73 Å². The van der Waals surface area contributed by atoms with Gasteiger partial charge in [0.15, 0.2) is 0 Å². The average molecular weight is 258 g/mol. The number of hydrogen-bond acceptors (Lipinski definition) is 3. The first-order valence-electron chi connectivity index (χ1n) is 5.43. The van der Waals surface area contributed by atoms with Crippen molar-refractivity contribution in [3.05, 3.63) is 29.6 Å². The van der Waals surface area contributed by atoms with Crippen LogP contribution in [0.15, 0.2) is 23.1 Å². The van der Waals surface area contributed by atoms with Crippen molar-refractivity contribution in [1.29, 1.82) is 0 Å². The zero-order valence-corrected chi connectivity index (χ0v) is 10.4. The van der Waals surface area contributed by atoms with E-state index in [0.29, 0.717) is 25.1 Å². The molecular weight excluding hydrogens is 243 g/mol. The Morgan fingerprint density at radius 2 is 2.18 bits per heavy atom. The van der Waals surface area contributed by atoms with Gasteiger partial charge in [0.1, 0.15) is 5.82 Å². The van der Waals surface area contributed by atoms with Gasteiger partial charge in [-0.2, -0.15) is 4.31 Å². The first-order chi connectivity index (χ1) is 7.91. The van der Waals surface area contributed by atoms with Crippen LogP contribution in [0.4, 0.5) is 4.39 Å². The molecule has 17 heavy (non-hydrogen) atoms. The predicted octanol–water partition coefficient (Wildman–Crippen LogP) is 0.856. The summed E-state index contributed by atoms with van der Waals surface area (Å²) in [4.78, 5) is -0.00491. The molecule has 1 unspecified atom stereocenters. The van der Waals surface area contributed by atoms with Crippen LogP contribution in [0, 0.1) is 12.7 Å². The van der Waals surface area contributed by atoms with Gasteiger partial charge in [0.25, 0.3) is 0 Å². The summed E-state index contributed by atoms with van der Waals surface area (Å²) in [5.74, 6) is -0.505. The monoisotopic (exact) mass is 258 g/mol. The van der Waals surface area contributed by atoms with E-state index in [1.807, 2.05) is 0 Å². The number of hydrogen-bond donors (Lipinski definition) is 1. The van der Waals surface area contributed by atoms with Crippen LogP contribution in [0.2, 0.25) is 0 Å². The fraction of sp³-hybridized carbons (Fsp3) is 0.455. The average Bonchev–Trinajstić information content (AvgIpc) is 2.69. The molecule has 4 nitrogen and oxygen atoms in total. The van der Waals surface area contributed by atoms with Gasteiger partial charge in [-0.3, -0.25) is 0 Å². The lowest BCUT2D eigenvalue weighted by Gasteiger charge is -2.16. The second-order valence-electron chi connectivity index (χ2n) is 4.32. The molecule has 2 N–H and O–H groups in total. The summed E-state index contributed by atoms with van der Waals surface area (Å²) >= 11 is 0. The Labute approximate surface area is 100 Å². The summed E-state index contributed by atoms with van der Waals surface area (Å²) in [6.07, 6.45) is 0.646. The third-order valence-corrected chi connectivity index (χ3v) is 4.83. The molecule has 1 atom stereocenters. The van der Waals surface area contributed by atoms with Crippen LogP contribution < -0.4 is 5.73 Å². The summed E-state index contributed by atoms with van der Waals surface area (Å²) in [7, 11) is -3.60. The SMILES string of the molecule is Cc1ccc(S(=O)(=O)N2CCC(N)C2)cc1F. The topological polar surface area (TPSA) is 63.4 Å². The highest BCUT2D eigenvalue weighted by molar-refractivity contribution is 7.89. The van der Waals surface area contributed by atoms with E-state index in [0.717, 1.165) is 6.07 Å². The van der Waals surface area contributed by atoms with Gasteiger partial charge in [-0.25, -0.2) is 12.8 Å². The molecular formula is C11H15FN2O2S. The highest BCUT2D eigenvalue weighted by Crippen LogP contribution is 2.22. The molecule has 1 aliphatic heterocycles. The van der Waals surface area contributed by atoms with Gasteiger partial charge in [0, 0.05) is 19.1 Å². The van der Waals surface area contributed by atoms with E-state index in [9.17, 15) is 12.8 Å². The van der Waals surface area contributed by atoms with Crippen molar-refractivity contribution in [1.82, 2.24) is 4.31 Å². The van der Waals surface area contributed by atoms with E-state index in [2.05, 4.69) is 0 Å². The molecule has 0 aromatic heterocycles. The minimum Gasteiger partial charge on any atom is -0.326 e. The molecule has 1 aromatic rings. The third kappa shape index (κ3) is 2.34. The standard InChI is InChI=1S/C11H15FN2O2S/c1-8-2-3-10(6-11(8)12)17(15,16)14-5-4-9(13)7-14/h2-3,6,9H,4-5,7,13H2,1H3. The zero-order chi connectivity index (χ0) is 12.6. The van der Waals surface area contributed by atoms with Crippen LogP contribution in [-0.2, 0) is 10.0 Å². The molecule has 0 aliphatic carbocycles. The third-order valence-electron chi connectivity index (χ3n) is 2.97. The molecule has 1 fully saturated rings. The molecule has 0 spiro atoms. The lowest BCUT2D eigenvalue weighted by Crippen LogP contribution is -2.32. The molecule has 0 saturated carbocycles. The Morgan fingerprint density at radius 1 is 1.47 bits per heavy atom. The Balaban J connectivity index is 2.35. The van der Waals surface area contributed by atoms with Gasteiger partial charge in [0.2, 0.25) is 10.0 Å². The van der Waals surface area contributed by atoms with Crippen molar-refractivity contribution < 1.29 is 12.8 Å². The van der Waals surface area contributed by atoms with Gasteiger partial charge in [-0.1, -0.05) is 6.07 Å². The lowest BCUT2D eigenvalue weighted by atomic mass is 10.2. The number of benzene rings is 1. The number of halogens is 1. The summed E-state index contributed by atoms with van der Waals surface area (Å²) < 4.78 is 39.0.